The lowest BCUT2D eigenvalue weighted by molar-refractivity contribution is -0.0987. The molecule has 1 fully saturated rings. The van der Waals surface area contributed by atoms with Crippen LogP contribution in [0.25, 0.3) is 22.2 Å². The topological polar surface area (TPSA) is 109 Å². The van der Waals surface area contributed by atoms with E-state index in [0.29, 0.717) is 12.5 Å². The van der Waals surface area contributed by atoms with Gasteiger partial charge in [-0.25, -0.2) is 4.98 Å². The summed E-state index contributed by atoms with van der Waals surface area (Å²) >= 11 is 0. The molecule has 2 aromatic heterocycles. The maximum absolute atomic E-state index is 8.32. The van der Waals surface area contributed by atoms with E-state index in [0.717, 1.165) is 30.1 Å². The molecule has 0 saturated heterocycles. The summed E-state index contributed by atoms with van der Waals surface area (Å²) in [5.41, 5.74) is 11.3. The van der Waals surface area contributed by atoms with Crippen molar-refractivity contribution in [3.63, 3.8) is 0 Å². The molecule has 0 bridgehead atoms. The number of nitrogens with one attached hydrogen (secondary N) is 1. The van der Waals surface area contributed by atoms with E-state index in [4.69, 9.17) is 20.4 Å². The number of nitrogens with zero attached hydrogens (tertiary/aromatic N) is 1. The Kier molecular flexibility index (Phi) is 15.1. The molecule has 4 rings (SSSR count). The number of nitrogens with two attached hydrogens (primary N) is 1. The number of hydrogen-bond donors (Lipinski definition) is 3. The van der Waals surface area contributed by atoms with Gasteiger partial charge in [0.25, 0.3) is 0 Å². The van der Waals surface area contributed by atoms with E-state index in [-0.39, 0.29) is 0 Å². The van der Waals surface area contributed by atoms with Gasteiger partial charge in [0.05, 0.1) is 0 Å². The summed E-state index contributed by atoms with van der Waals surface area (Å²) in [6.07, 6.45) is 6.56. The normalized spacial score (nSPS) is 11.6. The minimum absolute atomic E-state index is 0.345. The molecule has 0 radical (unpaired) electrons. The number of carbonyl (C=O) groups excluding carboxylic acids is 2. The van der Waals surface area contributed by atoms with E-state index in [1.165, 1.54) is 35.0 Å². The van der Waals surface area contributed by atoms with Gasteiger partial charge in [-0.15, -0.1) is 0 Å². The lowest BCUT2D eigenvalue weighted by atomic mass is 10.0. The second-order valence-corrected chi connectivity index (χ2v) is 7.50. The van der Waals surface area contributed by atoms with Crippen LogP contribution in [0, 0.1) is 5.92 Å². The third-order valence-electron chi connectivity index (χ3n) is 4.73. The van der Waals surface area contributed by atoms with Crippen LogP contribution in [0.15, 0.2) is 42.6 Å². The Morgan fingerprint density at radius 3 is 2.16 bits per heavy atom. The number of pyridine rings is 1. The molecule has 1 saturated carbocycles. The number of H-pyrrole nitrogens is 1. The molecule has 176 valence electrons. The minimum Gasteiger partial charge on any atom is -0.399 e. The Morgan fingerprint density at radius 2 is 1.69 bits per heavy atom. The number of hydrogen-bond acceptors (Lipinski definition) is 5. The molecule has 0 spiro atoms. The highest BCUT2D eigenvalue weighted by atomic mass is 16.2. The van der Waals surface area contributed by atoms with Gasteiger partial charge in [-0.1, -0.05) is 39.8 Å². The third kappa shape index (κ3) is 9.43. The Balaban J connectivity index is 0.000000630. The first kappa shape index (κ1) is 29.0. The molecule has 32 heavy (non-hydrogen) atoms. The van der Waals surface area contributed by atoms with E-state index >= 15 is 0 Å². The highest BCUT2D eigenvalue weighted by Gasteiger charge is 2.25. The van der Waals surface area contributed by atoms with Crippen molar-refractivity contribution in [1.29, 1.82) is 0 Å². The molecule has 0 unspecified atom stereocenters. The molecule has 0 aliphatic heterocycles. The highest BCUT2D eigenvalue weighted by Crippen LogP contribution is 2.41. The lowest BCUT2D eigenvalue weighted by Crippen LogP contribution is -1.89. The summed E-state index contributed by atoms with van der Waals surface area (Å²) in [6, 6.07) is 12.3. The van der Waals surface area contributed by atoms with Crippen molar-refractivity contribution >= 4 is 30.3 Å². The molecule has 1 aliphatic carbocycles. The Morgan fingerprint density at radius 1 is 1.09 bits per heavy atom. The molecule has 6 nitrogen and oxygen atoms in total. The van der Waals surface area contributed by atoms with Gasteiger partial charge in [0.15, 0.2) is 0 Å². The van der Waals surface area contributed by atoms with Gasteiger partial charge < -0.3 is 25.4 Å². The number of aliphatic hydroxyl groups is 1. The molecular formula is C26H39N3O3. The maximum atomic E-state index is 8.32. The first-order valence-electron chi connectivity index (χ1n) is 11.1. The van der Waals surface area contributed by atoms with Gasteiger partial charge in [-0.3, -0.25) is 0 Å². The monoisotopic (exact) mass is 441 g/mol. The number of anilines is 1. The summed E-state index contributed by atoms with van der Waals surface area (Å²) in [5.74, 6) is 1.46. The second-order valence-electron chi connectivity index (χ2n) is 7.50. The van der Waals surface area contributed by atoms with Gasteiger partial charge in [0.2, 0.25) is 0 Å². The number of fused-ring (bicyclic) bond motifs is 1. The average molecular weight is 442 g/mol. The van der Waals surface area contributed by atoms with Crippen molar-refractivity contribution in [2.45, 2.75) is 59.3 Å². The molecular weight excluding hydrogens is 402 g/mol. The second kappa shape index (κ2) is 16.7. The molecule has 1 aromatic carbocycles. The van der Waals surface area contributed by atoms with Crippen LogP contribution in [0.2, 0.25) is 0 Å². The van der Waals surface area contributed by atoms with Crippen LogP contribution < -0.4 is 5.73 Å². The SMILES string of the molecule is C=O.C=O.CC.CC(C)CCCO.Nc1ccc(-c2ccnc3[nH]c(C4CC4)cc23)cc1. The Hall–Kier alpha value is -2.99. The van der Waals surface area contributed by atoms with E-state index in [1.807, 2.05) is 45.8 Å². The van der Waals surface area contributed by atoms with Gasteiger partial charge in [0, 0.05) is 29.6 Å². The standard InChI is InChI=1S/C16H15N3.C6H14O.C2H6.2CH2O/c17-12-5-3-10(4-6-12)13-7-8-18-16-14(13)9-15(19-16)11-1-2-11;1-6(2)4-3-5-7;3*1-2/h3-9,11H,1-2,17H2,(H,18,19);6-7H,3-5H2,1-2H3;1-2H3;2*1H2. The first-order valence-corrected chi connectivity index (χ1v) is 11.1. The third-order valence-corrected chi connectivity index (χ3v) is 4.73. The lowest BCUT2D eigenvalue weighted by Gasteiger charge is -2.03. The fourth-order valence-electron chi connectivity index (χ4n) is 3.08. The zero-order chi connectivity index (χ0) is 24.5. The maximum Gasteiger partial charge on any atom is 0.138 e. The van der Waals surface area contributed by atoms with Crippen molar-refractivity contribution < 1.29 is 14.7 Å². The van der Waals surface area contributed by atoms with Gasteiger partial charge in [0.1, 0.15) is 19.2 Å². The predicted molar refractivity (Wildman–Crippen MR) is 135 cm³/mol. The van der Waals surface area contributed by atoms with Crippen LogP contribution in [0.4, 0.5) is 5.69 Å². The van der Waals surface area contributed by atoms with E-state index in [1.54, 1.807) is 0 Å². The van der Waals surface area contributed by atoms with Crippen molar-refractivity contribution in [2.24, 2.45) is 5.92 Å². The summed E-state index contributed by atoms with van der Waals surface area (Å²) < 4.78 is 0. The Bertz CT molecular complexity index is 870. The summed E-state index contributed by atoms with van der Waals surface area (Å²) in [5, 5.41) is 9.52. The fourth-order valence-corrected chi connectivity index (χ4v) is 3.08. The van der Waals surface area contributed by atoms with Gasteiger partial charge in [-0.2, -0.15) is 0 Å². The van der Waals surface area contributed by atoms with Crippen molar-refractivity contribution in [3.8, 4) is 11.1 Å². The quantitative estimate of drug-likeness (QED) is 0.436. The van der Waals surface area contributed by atoms with Crippen LogP contribution in [-0.4, -0.2) is 35.3 Å². The summed E-state index contributed by atoms with van der Waals surface area (Å²) in [7, 11) is 0. The number of carbonyl (C=O) groups is 2. The van der Waals surface area contributed by atoms with E-state index < -0.39 is 0 Å². The molecule has 0 atom stereocenters. The molecule has 4 N–H and O–H groups in total. The van der Waals surface area contributed by atoms with Crippen LogP contribution in [-0.2, 0) is 9.59 Å². The molecule has 6 heteroatoms. The van der Waals surface area contributed by atoms with Crippen LogP contribution in [0.5, 0.6) is 0 Å². The van der Waals surface area contributed by atoms with E-state index in [9.17, 15) is 0 Å². The number of aliphatic hydroxyl groups excluding tert-OH is 1. The zero-order valence-electron chi connectivity index (χ0n) is 19.9. The fraction of sp³-hybridized carbons (Fsp3) is 0.423. The first-order chi connectivity index (χ1) is 15.6. The largest absolute Gasteiger partial charge is 0.399 e. The molecule has 0 amide bonds. The van der Waals surface area contributed by atoms with Crippen LogP contribution >= 0.6 is 0 Å². The average Bonchev–Trinajstić information content (AvgIpc) is 3.60. The number of aromatic amines is 1. The van der Waals surface area contributed by atoms with Crippen molar-refractivity contribution in [2.75, 3.05) is 12.3 Å². The number of benzene rings is 1. The summed E-state index contributed by atoms with van der Waals surface area (Å²) in [6.45, 7) is 12.7. The van der Waals surface area contributed by atoms with Crippen LogP contribution in [0.1, 0.15) is 65.0 Å². The van der Waals surface area contributed by atoms with Gasteiger partial charge >= 0.3 is 0 Å². The van der Waals surface area contributed by atoms with E-state index in [2.05, 4.69) is 48.1 Å². The highest BCUT2D eigenvalue weighted by molar-refractivity contribution is 5.93. The number of aromatic nitrogens is 2. The summed E-state index contributed by atoms with van der Waals surface area (Å²) in [4.78, 5) is 23.9. The van der Waals surface area contributed by atoms with Crippen molar-refractivity contribution in [3.05, 3.63) is 48.3 Å². The molecule has 3 aromatic rings. The number of rotatable bonds is 5. The molecule has 1 aliphatic rings. The van der Waals surface area contributed by atoms with Crippen LogP contribution in [0.3, 0.4) is 0 Å². The minimum atomic E-state index is 0.345. The number of nitrogen functional groups attached to an aromatic ring is 1. The van der Waals surface area contributed by atoms with Crippen molar-refractivity contribution in [1.82, 2.24) is 9.97 Å². The zero-order valence-corrected chi connectivity index (χ0v) is 19.9. The smallest absolute Gasteiger partial charge is 0.138 e. The van der Waals surface area contributed by atoms with Gasteiger partial charge in [-0.05, 0) is 72.9 Å². The predicted octanol–water partition coefficient (Wildman–Crippen LogP) is 5.76. The molecule has 2 heterocycles. The Labute approximate surface area is 192 Å².